The van der Waals surface area contributed by atoms with Crippen molar-refractivity contribution in [3.8, 4) is 10.6 Å². The first-order chi connectivity index (χ1) is 9.11. The van der Waals surface area contributed by atoms with E-state index in [1.165, 1.54) is 11.3 Å². The molecule has 0 aliphatic rings. The van der Waals surface area contributed by atoms with Crippen molar-refractivity contribution in [2.75, 3.05) is 12.4 Å². The molecule has 0 unspecified atom stereocenters. The summed E-state index contributed by atoms with van der Waals surface area (Å²) in [5, 5.41) is 12.3. The number of pyridine rings is 1. The van der Waals surface area contributed by atoms with Crippen LogP contribution in [0.1, 0.15) is 20.3 Å². The molecule has 0 aliphatic carbocycles. The van der Waals surface area contributed by atoms with E-state index >= 15 is 0 Å². The number of anilines is 1. The average molecular weight is 278 g/mol. The second-order valence-electron chi connectivity index (χ2n) is 4.77. The number of nitrogens with zero attached hydrogens (tertiary/aromatic N) is 3. The van der Waals surface area contributed by atoms with Gasteiger partial charge in [0.2, 0.25) is 5.13 Å². The summed E-state index contributed by atoms with van der Waals surface area (Å²) in [7, 11) is 1.79. The van der Waals surface area contributed by atoms with E-state index in [0.717, 1.165) is 13.0 Å². The Kier molecular flexibility index (Phi) is 4.31. The summed E-state index contributed by atoms with van der Waals surface area (Å²) in [6.07, 6.45) is 2.81. The lowest BCUT2D eigenvalue weighted by Crippen LogP contribution is -2.21. The maximum absolute atomic E-state index is 12.4. The quantitative estimate of drug-likeness (QED) is 0.912. The van der Waals surface area contributed by atoms with E-state index in [1.54, 1.807) is 17.7 Å². The first kappa shape index (κ1) is 13.7. The van der Waals surface area contributed by atoms with Crippen LogP contribution in [0.25, 0.3) is 10.6 Å². The predicted octanol–water partition coefficient (Wildman–Crippen LogP) is 2.45. The Bertz CT molecular complexity index is 603. The van der Waals surface area contributed by atoms with E-state index < -0.39 is 0 Å². The van der Waals surface area contributed by atoms with Gasteiger partial charge in [-0.3, -0.25) is 4.79 Å². The highest BCUT2D eigenvalue weighted by atomic mass is 32.1. The van der Waals surface area contributed by atoms with E-state index in [0.29, 0.717) is 21.6 Å². The van der Waals surface area contributed by atoms with Gasteiger partial charge in [-0.2, -0.15) is 0 Å². The van der Waals surface area contributed by atoms with E-state index in [1.807, 2.05) is 12.3 Å². The van der Waals surface area contributed by atoms with Crippen LogP contribution in [-0.4, -0.2) is 21.8 Å². The summed E-state index contributed by atoms with van der Waals surface area (Å²) in [6.45, 7) is 5.04. The van der Waals surface area contributed by atoms with Gasteiger partial charge < -0.3 is 9.88 Å². The second-order valence-corrected chi connectivity index (χ2v) is 5.74. The fraction of sp³-hybridized carbons (Fsp3) is 0.462. The average Bonchev–Trinajstić information content (AvgIpc) is 2.86. The zero-order valence-electron chi connectivity index (χ0n) is 11.4. The van der Waals surface area contributed by atoms with Crippen LogP contribution in [0.15, 0.2) is 23.1 Å². The van der Waals surface area contributed by atoms with Gasteiger partial charge in [-0.05, 0) is 24.5 Å². The van der Waals surface area contributed by atoms with Crippen LogP contribution >= 0.6 is 11.3 Å². The molecule has 1 N–H and O–H groups in total. The molecule has 0 aromatic carbocycles. The summed E-state index contributed by atoms with van der Waals surface area (Å²) >= 11 is 1.39. The minimum Gasteiger partial charge on any atom is -0.363 e. The summed E-state index contributed by atoms with van der Waals surface area (Å²) in [5.41, 5.74) is 0.618. The molecule has 5 nitrogen and oxygen atoms in total. The zero-order valence-corrected chi connectivity index (χ0v) is 12.2. The molecule has 2 heterocycles. The highest BCUT2D eigenvalue weighted by Gasteiger charge is 2.11. The molecule has 0 spiro atoms. The van der Waals surface area contributed by atoms with E-state index in [4.69, 9.17) is 0 Å². The highest BCUT2D eigenvalue weighted by molar-refractivity contribution is 7.18. The number of aryl methyl sites for hydroxylation is 1. The first-order valence-corrected chi connectivity index (χ1v) is 7.14. The number of aromatic nitrogens is 3. The fourth-order valence-electron chi connectivity index (χ4n) is 1.71. The summed E-state index contributed by atoms with van der Waals surface area (Å²) < 4.78 is 1.75. The van der Waals surface area contributed by atoms with Crippen molar-refractivity contribution in [1.29, 1.82) is 0 Å². The van der Waals surface area contributed by atoms with Crippen LogP contribution in [0.5, 0.6) is 0 Å². The van der Waals surface area contributed by atoms with Gasteiger partial charge in [-0.15, -0.1) is 10.2 Å². The van der Waals surface area contributed by atoms with E-state index in [2.05, 4.69) is 29.4 Å². The van der Waals surface area contributed by atoms with Crippen LogP contribution < -0.4 is 10.9 Å². The van der Waals surface area contributed by atoms with Gasteiger partial charge in [0.1, 0.15) is 0 Å². The molecular weight excluding hydrogens is 260 g/mol. The molecule has 0 aliphatic heterocycles. The van der Waals surface area contributed by atoms with Crippen molar-refractivity contribution < 1.29 is 0 Å². The molecule has 0 radical (unpaired) electrons. The first-order valence-electron chi connectivity index (χ1n) is 6.33. The van der Waals surface area contributed by atoms with Gasteiger partial charge in [-0.25, -0.2) is 0 Å². The van der Waals surface area contributed by atoms with Crippen molar-refractivity contribution in [2.45, 2.75) is 26.8 Å². The Labute approximate surface area is 116 Å². The maximum Gasteiger partial charge on any atom is 0.260 e. The molecule has 2 rings (SSSR count). The molecule has 6 heteroatoms. The van der Waals surface area contributed by atoms with E-state index in [-0.39, 0.29) is 5.56 Å². The zero-order chi connectivity index (χ0) is 13.8. The van der Waals surface area contributed by atoms with Gasteiger partial charge in [0.05, 0.1) is 5.56 Å². The lowest BCUT2D eigenvalue weighted by molar-refractivity contribution is 0.508. The molecule has 0 bridgehead atoms. The Morgan fingerprint density at radius 1 is 1.42 bits per heavy atom. The molecule has 19 heavy (non-hydrogen) atoms. The van der Waals surface area contributed by atoms with Gasteiger partial charge in [0, 0.05) is 19.8 Å². The van der Waals surface area contributed by atoms with Crippen molar-refractivity contribution in [1.82, 2.24) is 14.8 Å². The molecule has 0 saturated heterocycles. The standard InChI is InChI=1S/C13H18N4OS/c1-9(2)6-8-17-7-4-5-10(12(17)18)11-15-16-13(14-3)19-11/h4-5,7,9H,6,8H2,1-3H3,(H,14,16). The fourth-order valence-corrected chi connectivity index (χ4v) is 2.42. The number of rotatable bonds is 5. The summed E-state index contributed by atoms with van der Waals surface area (Å²) in [4.78, 5) is 12.4. The van der Waals surface area contributed by atoms with Crippen LogP contribution in [0, 0.1) is 5.92 Å². The molecular formula is C13H18N4OS. The van der Waals surface area contributed by atoms with Gasteiger partial charge >= 0.3 is 0 Å². The Balaban J connectivity index is 2.31. The van der Waals surface area contributed by atoms with Gasteiger partial charge in [0.15, 0.2) is 5.01 Å². The molecule has 0 saturated carbocycles. The van der Waals surface area contributed by atoms with Crippen LogP contribution in [0.4, 0.5) is 5.13 Å². The molecule has 0 fully saturated rings. The lowest BCUT2D eigenvalue weighted by atomic mass is 10.1. The molecule has 0 atom stereocenters. The van der Waals surface area contributed by atoms with Crippen molar-refractivity contribution in [3.05, 3.63) is 28.7 Å². The van der Waals surface area contributed by atoms with Crippen LogP contribution in [0.2, 0.25) is 0 Å². The third kappa shape index (κ3) is 3.20. The third-order valence-corrected chi connectivity index (χ3v) is 3.81. The normalized spacial score (nSPS) is 10.9. The third-order valence-electron chi connectivity index (χ3n) is 2.84. The topological polar surface area (TPSA) is 59.8 Å². The van der Waals surface area contributed by atoms with Gasteiger partial charge in [0.25, 0.3) is 5.56 Å². The van der Waals surface area contributed by atoms with Gasteiger partial charge in [-0.1, -0.05) is 25.2 Å². The Hall–Kier alpha value is -1.69. The number of nitrogens with one attached hydrogen (secondary N) is 1. The van der Waals surface area contributed by atoms with Crippen LogP contribution in [-0.2, 0) is 6.54 Å². The van der Waals surface area contributed by atoms with Crippen molar-refractivity contribution in [3.63, 3.8) is 0 Å². The SMILES string of the molecule is CNc1nnc(-c2cccn(CCC(C)C)c2=O)s1. The maximum atomic E-state index is 12.4. The van der Waals surface area contributed by atoms with E-state index in [9.17, 15) is 4.79 Å². The molecule has 0 amide bonds. The smallest absolute Gasteiger partial charge is 0.260 e. The predicted molar refractivity (Wildman–Crippen MR) is 78.6 cm³/mol. The summed E-state index contributed by atoms with van der Waals surface area (Å²) in [5.74, 6) is 0.577. The molecule has 2 aromatic rings. The summed E-state index contributed by atoms with van der Waals surface area (Å²) in [6, 6.07) is 3.69. The van der Waals surface area contributed by atoms with Crippen molar-refractivity contribution in [2.24, 2.45) is 5.92 Å². The Morgan fingerprint density at radius 2 is 2.21 bits per heavy atom. The minimum absolute atomic E-state index is 0.00181. The number of hydrogen-bond acceptors (Lipinski definition) is 5. The van der Waals surface area contributed by atoms with Crippen LogP contribution in [0.3, 0.4) is 0 Å². The second kappa shape index (κ2) is 5.97. The largest absolute Gasteiger partial charge is 0.363 e. The van der Waals surface area contributed by atoms with Crippen molar-refractivity contribution >= 4 is 16.5 Å². The number of hydrogen-bond donors (Lipinski definition) is 1. The molecule has 2 aromatic heterocycles. The molecule has 102 valence electrons. The monoisotopic (exact) mass is 278 g/mol. The minimum atomic E-state index is 0.00181. The Morgan fingerprint density at radius 3 is 2.84 bits per heavy atom. The highest BCUT2D eigenvalue weighted by Crippen LogP contribution is 2.23. The lowest BCUT2D eigenvalue weighted by Gasteiger charge is -2.08.